The number of pyridine rings is 1. The van der Waals surface area contributed by atoms with Crippen LogP contribution in [0.2, 0.25) is 0 Å². The van der Waals surface area contributed by atoms with Gasteiger partial charge in [0.2, 0.25) is 0 Å². The third kappa shape index (κ3) is 4.04. The summed E-state index contributed by atoms with van der Waals surface area (Å²) in [5.74, 6) is -0.106. The Labute approximate surface area is 143 Å². The summed E-state index contributed by atoms with van der Waals surface area (Å²) in [6.07, 6.45) is 5.85. The molecular formula is C19H24N4O. The predicted molar refractivity (Wildman–Crippen MR) is 98.0 cm³/mol. The molecule has 0 saturated carbocycles. The van der Waals surface area contributed by atoms with Crippen molar-refractivity contribution in [3.05, 3.63) is 48.3 Å². The molecule has 5 nitrogen and oxygen atoms in total. The van der Waals surface area contributed by atoms with Gasteiger partial charge in [0, 0.05) is 36.7 Å². The van der Waals surface area contributed by atoms with Crippen LogP contribution in [0.15, 0.2) is 42.7 Å². The monoisotopic (exact) mass is 324 g/mol. The molecule has 0 radical (unpaired) electrons. The lowest BCUT2D eigenvalue weighted by Gasteiger charge is -2.18. The number of amides is 1. The molecule has 3 rings (SSSR count). The molecule has 0 spiro atoms. The molecule has 126 valence electrons. The number of hydrogen-bond acceptors (Lipinski definition) is 4. The average Bonchev–Trinajstić information content (AvgIpc) is 3.10. The third-order valence-electron chi connectivity index (χ3n) is 4.05. The summed E-state index contributed by atoms with van der Waals surface area (Å²) in [6.45, 7) is 6.16. The number of anilines is 3. The SMILES string of the molecule is CC(C)NC(=O)c1cncc(Nc2ccc(N3CCCC3)cc2)c1. The Kier molecular flexibility index (Phi) is 4.99. The summed E-state index contributed by atoms with van der Waals surface area (Å²) >= 11 is 0. The van der Waals surface area contributed by atoms with Gasteiger partial charge in [-0.3, -0.25) is 9.78 Å². The van der Waals surface area contributed by atoms with E-state index < -0.39 is 0 Å². The van der Waals surface area contributed by atoms with Gasteiger partial charge in [0.25, 0.3) is 5.91 Å². The molecule has 2 N–H and O–H groups in total. The van der Waals surface area contributed by atoms with E-state index in [9.17, 15) is 4.79 Å². The number of carbonyl (C=O) groups is 1. The van der Waals surface area contributed by atoms with Crippen molar-refractivity contribution in [3.8, 4) is 0 Å². The number of nitrogens with one attached hydrogen (secondary N) is 2. The Bertz CT molecular complexity index is 691. The molecule has 0 bridgehead atoms. The highest BCUT2D eigenvalue weighted by atomic mass is 16.1. The summed E-state index contributed by atoms with van der Waals surface area (Å²) < 4.78 is 0. The van der Waals surface area contributed by atoms with Crippen molar-refractivity contribution in [1.82, 2.24) is 10.3 Å². The molecule has 1 amide bonds. The zero-order chi connectivity index (χ0) is 16.9. The molecule has 1 saturated heterocycles. The topological polar surface area (TPSA) is 57.3 Å². The van der Waals surface area contributed by atoms with E-state index in [1.165, 1.54) is 18.5 Å². The lowest BCUT2D eigenvalue weighted by molar-refractivity contribution is 0.0943. The van der Waals surface area contributed by atoms with Crippen LogP contribution in [-0.4, -0.2) is 30.0 Å². The standard InChI is InChI=1S/C19H24N4O/c1-14(2)21-19(24)15-11-17(13-20-12-15)22-16-5-7-18(8-6-16)23-9-3-4-10-23/h5-8,11-14,22H,3-4,9-10H2,1-2H3,(H,21,24). The van der Waals surface area contributed by atoms with Crippen molar-refractivity contribution in [2.45, 2.75) is 32.7 Å². The number of rotatable bonds is 5. The number of benzene rings is 1. The van der Waals surface area contributed by atoms with E-state index in [1.807, 2.05) is 19.9 Å². The largest absolute Gasteiger partial charge is 0.372 e. The number of hydrogen-bond donors (Lipinski definition) is 2. The highest BCUT2D eigenvalue weighted by molar-refractivity contribution is 5.95. The zero-order valence-electron chi connectivity index (χ0n) is 14.2. The first-order valence-corrected chi connectivity index (χ1v) is 8.50. The summed E-state index contributed by atoms with van der Waals surface area (Å²) in [5.41, 5.74) is 3.62. The quantitative estimate of drug-likeness (QED) is 0.883. The molecule has 2 aromatic rings. The Hall–Kier alpha value is -2.56. The fourth-order valence-corrected chi connectivity index (χ4v) is 2.88. The first-order valence-electron chi connectivity index (χ1n) is 8.50. The van der Waals surface area contributed by atoms with Gasteiger partial charge < -0.3 is 15.5 Å². The molecule has 5 heteroatoms. The molecule has 1 aromatic carbocycles. The molecule has 1 aliphatic rings. The van der Waals surface area contributed by atoms with Crippen molar-refractivity contribution in [2.75, 3.05) is 23.3 Å². The van der Waals surface area contributed by atoms with Gasteiger partial charge in [-0.1, -0.05) is 0 Å². The predicted octanol–water partition coefficient (Wildman–Crippen LogP) is 3.56. The van der Waals surface area contributed by atoms with E-state index >= 15 is 0 Å². The van der Waals surface area contributed by atoms with Crippen LogP contribution in [0.5, 0.6) is 0 Å². The number of carbonyl (C=O) groups excluding carboxylic acids is 1. The lowest BCUT2D eigenvalue weighted by atomic mass is 10.2. The van der Waals surface area contributed by atoms with Crippen LogP contribution in [0.3, 0.4) is 0 Å². The summed E-state index contributed by atoms with van der Waals surface area (Å²) in [6, 6.07) is 10.3. The molecule has 24 heavy (non-hydrogen) atoms. The minimum Gasteiger partial charge on any atom is -0.372 e. The molecule has 1 aliphatic heterocycles. The van der Waals surface area contributed by atoms with E-state index in [4.69, 9.17) is 0 Å². The Balaban J connectivity index is 1.68. The summed E-state index contributed by atoms with van der Waals surface area (Å²) in [4.78, 5) is 18.6. The normalized spacial score (nSPS) is 14.0. The van der Waals surface area contributed by atoms with Crippen molar-refractivity contribution < 1.29 is 4.79 Å². The summed E-state index contributed by atoms with van der Waals surface area (Å²) in [5, 5.41) is 6.19. The van der Waals surface area contributed by atoms with Crippen LogP contribution in [0, 0.1) is 0 Å². The smallest absolute Gasteiger partial charge is 0.253 e. The van der Waals surface area contributed by atoms with Gasteiger partial charge in [0.05, 0.1) is 17.4 Å². The summed E-state index contributed by atoms with van der Waals surface area (Å²) in [7, 11) is 0. The van der Waals surface area contributed by atoms with Crippen LogP contribution < -0.4 is 15.5 Å². The first kappa shape index (κ1) is 16.3. The molecule has 1 aromatic heterocycles. The molecule has 0 aliphatic carbocycles. The van der Waals surface area contributed by atoms with Gasteiger partial charge in [-0.25, -0.2) is 0 Å². The fraction of sp³-hybridized carbons (Fsp3) is 0.368. The van der Waals surface area contributed by atoms with Gasteiger partial charge in [-0.15, -0.1) is 0 Å². The van der Waals surface area contributed by atoms with Gasteiger partial charge in [-0.2, -0.15) is 0 Å². The van der Waals surface area contributed by atoms with E-state index in [2.05, 4.69) is 44.8 Å². The van der Waals surface area contributed by atoms with Crippen molar-refractivity contribution in [2.24, 2.45) is 0 Å². The van der Waals surface area contributed by atoms with Crippen molar-refractivity contribution >= 4 is 23.0 Å². The minimum atomic E-state index is -0.106. The molecule has 1 fully saturated rings. The second-order valence-electron chi connectivity index (χ2n) is 6.46. The van der Waals surface area contributed by atoms with Crippen LogP contribution in [0.25, 0.3) is 0 Å². The molecule has 0 unspecified atom stereocenters. The van der Waals surface area contributed by atoms with Gasteiger partial charge in [0.15, 0.2) is 0 Å². The first-order chi connectivity index (χ1) is 11.6. The van der Waals surface area contributed by atoms with E-state index in [1.54, 1.807) is 12.4 Å². The maximum Gasteiger partial charge on any atom is 0.253 e. The second-order valence-corrected chi connectivity index (χ2v) is 6.46. The lowest BCUT2D eigenvalue weighted by Crippen LogP contribution is -2.30. The fourth-order valence-electron chi connectivity index (χ4n) is 2.88. The van der Waals surface area contributed by atoms with Crippen LogP contribution in [-0.2, 0) is 0 Å². The van der Waals surface area contributed by atoms with Crippen LogP contribution in [0.1, 0.15) is 37.0 Å². The Morgan fingerprint density at radius 1 is 1.08 bits per heavy atom. The van der Waals surface area contributed by atoms with E-state index in [0.29, 0.717) is 5.56 Å². The highest BCUT2D eigenvalue weighted by Crippen LogP contribution is 2.24. The number of nitrogens with zero attached hydrogens (tertiary/aromatic N) is 2. The van der Waals surface area contributed by atoms with Crippen LogP contribution >= 0.6 is 0 Å². The molecule has 0 atom stereocenters. The number of aromatic nitrogens is 1. The maximum absolute atomic E-state index is 12.1. The van der Waals surface area contributed by atoms with E-state index in [0.717, 1.165) is 24.5 Å². The van der Waals surface area contributed by atoms with Crippen LogP contribution in [0.4, 0.5) is 17.1 Å². The van der Waals surface area contributed by atoms with Crippen molar-refractivity contribution in [3.63, 3.8) is 0 Å². The van der Waals surface area contributed by atoms with Gasteiger partial charge in [-0.05, 0) is 57.0 Å². The molecular weight excluding hydrogens is 300 g/mol. The highest BCUT2D eigenvalue weighted by Gasteiger charge is 2.12. The van der Waals surface area contributed by atoms with Gasteiger partial charge in [0.1, 0.15) is 0 Å². The van der Waals surface area contributed by atoms with E-state index in [-0.39, 0.29) is 11.9 Å². The Morgan fingerprint density at radius 3 is 2.46 bits per heavy atom. The Morgan fingerprint density at radius 2 is 1.79 bits per heavy atom. The van der Waals surface area contributed by atoms with Gasteiger partial charge >= 0.3 is 0 Å². The zero-order valence-corrected chi connectivity index (χ0v) is 14.2. The molecule has 2 heterocycles. The average molecular weight is 324 g/mol. The van der Waals surface area contributed by atoms with Crippen molar-refractivity contribution in [1.29, 1.82) is 0 Å². The maximum atomic E-state index is 12.1. The minimum absolute atomic E-state index is 0.104. The third-order valence-corrected chi connectivity index (χ3v) is 4.05. The second kappa shape index (κ2) is 7.34.